The zero-order chi connectivity index (χ0) is 29.8. The van der Waals surface area contributed by atoms with Crippen LogP contribution in [0.3, 0.4) is 0 Å². The average Bonchev–Trinajstić information content (AvgIpc) is 2.95. The summed E-state index contributed by atoms with van der Waals surface area (Å²) in [5.74, 6) is -0.782. The summed E-state index contributed by atoms with van der Waals surface area (Å²) in [4.78, 5) is 36.9. The predicted molar refractivity (Wildman–Crippen MR) is 162 cm³/mol. The molecule has 3 aromatic carbocycles. The van der Waals surface area contributed by atoms with E-state index < -0.39 is 11.8 Å². The summed E-state index contributed by atoms with van der Waals surface area (Å²) in [6.07, 6.45) is 3.33. The summed E-state index contributed by atoms with van der Waals surface area (Å²) >= 11 is 3.42. The summed E-state index contributed by atoms with van der Waals surface area (Å²) in [5, 5.41) is 9.24. The highest BCUT2D eigenvalue weighted by Gasteiger charge is 2.16. The molecular formula is C30H33BrN4O6. The minimum atomic E-state index is -0.939. The van der Waals surface area contributed by atoms with Crippen LogP contribution in [-0.4, -0.2) is 44.3 Å². The first-order chi connectivity index (χ1) is 19.7. The van der Waals surface area contributed by atoms with E-state index in [0.717, 1.165) is 29.7 Å². The maximum absolute atomic E-state index is 12.5. The number of hydrogen-bond acceptors (Lipinski definition) is 7. The molecule has 0 aliphatic carbocycles. The molecule has 0 unspecified atom stereocenters. The van der Waals surface area contributed by atoms with Gasteiger partial charge in [0, 0.05) is 11.4 Å². The van der Waals surface area contributed by atoms with Gasteiger partial charge in [0.05, 0.1) is 24.4 Å². The van der Waals surface area contributed by atoms with E-state index in [4.69, 9.17) is 14.2 Å². The minimum Gasteiger partial charge on any atom is -0.494 e. The molecule has 0 fully saturated rings. The lowest BCUT2D eigenvalue weighted by Crippen LogP contribution is -2.32. The lowest BCUT2D eigenvalue weighted by atomic mass is 10.1. The first-order valence-electron chi connectivity index (χ1n) is 13.0. The molecule has 0 heterocycles. The number of hydrogen-bond donors (Lipinski definition) is 3. The van der Waals surface area contributed by atoms with Crippen LogP contribution < -0.4 is 30.3 Å². The standard InChI is InChI=1S/C30H33BrN4O6/c1-5-6-14-40-23-12-10-22(11-13-23)33-29(37)30(38)35-32-17-21-15-24(31)28(25(16-21)39-4)41-18-26(36)34-27-19(2)8-7-9-20(27)3/h7-13,15-17H,5-6,14,18H2,1-4H3,(H,33,37)(H,34,36)(H,35,38)/b32-17-. The summed E-state index contributed by atoms with van der Waals surface area (Å²) < 4.78 is 17.2. The van der Waals surface area contributed by atoms with Gasteiger partial charge in [0.15, 0.2) is 18.1 Å². The number of ether oxygens (including phenoxy) is 3. The molecular weight excluding hydrogens is 592 g/mol. The van der Waals surface area contributed by atoms with Gasteiger partial charge in [-0.15, -0.1) is 0 Å². The Balaban J connectivity index is 1.54. The molecule has 0 spiro atoms. The van der Waals surface area contributed by atoms with Crippen molar-refractivity contribution < 1.29 is 28.6 Å². The summed E-state index contributed by atoms with van der Waals surface area (Å²) in [6, 6.07) is 15.8. The normalized spacial score (nSPS) is 10.7. The molecule has 0 aromatic heterocycles. The third-order valence-corrected chi connectivity index (χ3v) is 6.40. The Morgan fingerprint density at radius 3 is 2.32 bits per heavy atom. The number of anilines is 2. The molecule has 10 nitrogen and oxygen atoms in total. The van der Waals surface area contributed by atoms with Crippen LogP contribution in [0.25, 0.3) is 0 Å². The number of para-hydroxylation sites is 1. The Labute approximate surface area is 247 Å². The number of halogens is 1. The van der Waals surface area contributed by atoms with E-state index in [1.165, 1.54) is 13.3 Å². The fraction of sp³-hybridized carbons (Fsp3) is 0.267. The van der Waals surface area contributed by atoms with Crippen molar-refractivity contribution >= 4 is 51.2 Å². The number of nitrogens with one attached hydrogen (secondary N) is 3. The molecule has 0 aliphatic rings. The molecule has 0 saturated carbocycles. The molecule has 0 saturated heterocycles. The van der Waals surface area contributed by atoms with Gasteiger partial charge < -0.3 is 24.8 Å². The van der Waals surface area contributed by atoms with E-state index in [1.807, 2.05) is 32.0 Å². The van der Waals surface area contributed by atoms with Crippen molar-refractivity contribution in [3.63, 3.8) is 0 Å². The Hall–Kier alpha value is -4.38. The van der Waals surface area contributed by atoms with Gasteiger partial charge in [0.2, 0.25) is 0 Å². The average molecular weight is 626 g/mol. The highest BCUT2D eigenvalue weighted by atomic mass is 79.9. The monoisotopic (exact) mass is 624 g/mol. The molecule has 3 rings (SSSR count). The number of carbonyl (C=O) groups is 3. The van der Waals surface area contributed by atoms with E-state index >= 15 is 0 Å². The van der Waals surface area contributed by atoms with Gasteiger partial charge in [0.1, 0.15) is 5.75 Å². The van der Waals surface area contributed by atoms with Crippen molar-refractivity contribution in [3.05, 3.63) is 75.8 Å². The molecule has 3 N–H and O–H groups in total. The van der Waals surface area contributed by atoms with E-state index in [1.54, 1.807) is 36.4 Å². The lowest BCUT2D eigenvalue weighted by molar-refractivity contribution is -0.136. The second kappa shape index (κ2) is 15.4. The number of rotatable bonds is 12. The van der Waals surface area contributed by atoms with Crippen molar-refractivity contribution in [1.29, 1.82) is 0 Å². The smallest absolute Gasteiger partial charge is 0.329 e. The fourth-order valence-electron chi connectivity index (χ4n) is 3.65. The zero-order valence-corrected chi connectivity index (χ0v) is 25.0. The number of unbranched alkanes of at least 4 members (excludes halogenated alkanes) is 1. The molecule has 216 valence electrons. The number of nitrogens with zero attached hydrogens (tertiary/aromatic N) is 1. The number of benzene rings is 3. The quantitative estimate of drug-likeness (QED) is 0.108. The van der Waals surface area contributed by atoms with Gasteiger partial charge in [0.25, 0.3) is 5.91 Å². The van der Waals surface area contributed by atoms with Crippen molar-refractivity contribution in [1.82, 2.24) is 5.43 Å². The third kappa shape index (κ3) is 9.35. The lowest BCUT2D eigenvalue weighted by Gasteiger charge is -2.15. The van der Waals surface area contributed by atoms with Gasteiger partial charge in [-0.05, 0) is 89.3 Å². The maximum Gasteiger partial charge on any atom is 0.329 e. The van der Waals surface area contributed by atoms with Crippen molar-refractivity contribution in [2.75, 3.05) is 31.0 Å². The van der Waals surface area contributed by atoms with Crippen LogP contribution >= 0.6 is 15.9 Å². The Morgan fingerprint density at radius 1 is 0.951 bits per heavy atom. The van der Waals surface area contributed by atoms with Gasteiger partial charge in [-0.25, -0.2) is 5.43 Å². The van der Waals surface area contributed by atoms with Crippen molar-refractivity contribution in [2.45, 2.75) is 33.6 Å². The van der Waals surface area contributed by atoms with Gasteiger partial charge in [-0.3, -0.25) is 14.4 Å². The number of carbonyl (C=O) groups excluding carboxylic acids is 3. The summed E-state index contributed by atoms with van der Waals surface area (Å²) in [7, 11) is 1.46. The molecule has 11 heteroatoms. The van der Waals surface area contributed by atoms with Gasteiger partial charge in [-0.2, -0.15) is 5.10 Å². The number of aryl methyl sites for hydroxylation is 2. The van der Waals surface area contributed by atoms with Crippen molar-refractivity contribution in [3.8, 4) is 17.2 Å². The Morgan fingerprint density at radius 2 is 1.66 bits per heavy atom. The van der Waals surface area contributed by atoms with Crippen LogP contribution in [0.15, 0.2) is 64.2 Å². The number of amides is 3. The van der Waals surface area contributed by atoms with Crippen LogP contribution in [0.1, 0.15) is 36.5 Å². The van der Waals surface area contributed by atoms with Crippen LogP contribution in [0, 0.1) is 13.8 Å². The number of hydrazone groups is 1. The summed E-state index contributed by atoms with van der Waals surface area (Å²) in [6.45, 7) is 6.29. The molecule has 3 aromatic rings. The predicted octanol–water partition coefficient (Wildman–Crippen LogP) is 5.36. The molecule has 0 radical (unpaired) electrons. The topological polar surface area (TPSA) is 127 Å². The molecule has 3 amide bonds. The van der Waals surface area contributed by atoms with E-state index in [-0.39, 0.29) is 12.5 Å². The molecule has 0 aliphatic heterocycles. The first-order valence-corrected chi connectivity index (χ1v) is 13.7. The molecule has 0 atom stereocenters. The Bertz CT molecular complexity index is 1390. The van der Waals surface area contributed by atoms with Crippen LogP contribution in [0.2, 0.25) is 0 Å². The zero-order valence-electron chi connectivity index (χ0n) is 23.4. The second-order valence-electron chi connectivity index (χ2n) is 9.02. The Kier molecular flexibility index (Phi) is 11.7. The van der Waals surface area contributed by atoms with E-state index in [9.17, 15) is 14.4 Å². The second-order valence-corrected chi connectivity index (χ2v) is 9.87. The first kappa shape index (κ1) is 31.2. The molecule has 0 bridgehead atoms. The van der Waals surface area contributed by atoms with Gasteiger partial charge in [-0.1, -0.05) is 31.5 Å². The van der Waals surface area contributed by atoms with E-state index in [2.05, 4.69) is 44.0 Å². The SMILES string of the molecule is CCCCOc1ccc(NC(=O)C(=O)N/N=C\c2cc(Br)c(OCC(=O)Nc3c(C)cccc3C)c(OC)c2)cc1. The maximum atomic E-state index is 12.5. The summed E-state index contributed by atoms with van der Waals surface area (Å²) in [5.41, 5.74) is 5.84. The molecule has 41 heavy (non-hydrogen) atoms. The number of methoxy groups -OCH3 is 1. The largest absolute Gasteiger partial charge is 0.494 e. The van der Waals surface area contributed by atoms with Crippen LogP contribution in [0.4, 0.5) is 11.4 Å². The highest BCUT2D eigenvalue weighted by molar-refractivity contribution is 9.10. The third-order valence-electron chi connectivity index (χ3n) is 5.81. The van der Waals surface area contributed by atoms with Gasteiger partial charge >= 0.3 is 11.8 Å². The van der Waals surface area contributed by atoms with Crippen LogP contribution in [0.5, 0.6) is 17.2 Å². The fourth-order valence-corrected chi connectivity index (χ4v) is 4.23. The van der Waals surface area contributed by atoms with E-state index in [0.29, 0.717) is 39.6 Å². The minimum absolute atomic E-state index is 0.240. The van der Waals surface area contributed by atoms with Crippen molar-refractivity contribution in [2.24, 2.45) is 5.10 Å². The van der Waals surface area contributed by atoms with Crippen LogP contribution in [-0.2, 0) is 14.4 Å². The highest BCUT2D eigenvalue weighted by Crippen LogP contribution is 2.36.